The quantitative estimate of drug-likeness (QED) is 0.603. The summed E-state index contributed by atoms with van der Waals surface area (Å²) in [7, 11) is 3.56. The Labute approximate surface area is 74.1 Å². The minimum Gasteiger partial charge on any atom is -0.332 e. The van der Waals surface area contributed by atoms with Crippen molar-refractivity contribution >= 4 is 5.91 Å². The van der Waals surface area contributed by atoms with Crippen LogP contribution in [-0.2, 0) is 4.79 Å². The lowest BCUT2D eigenvalue weighted by Crippen LogP contribution is -2.61. The minimum absolute atomic E-state index is 0.0614. The Bertz CT molecular complexity index is 208. The lowest BCUT2D eigenvalue weighted by molar-refractivity contribution is -0.191. The molecular weight excluding hydrogens is 185 g/mol. The molecule has 1 aliphatic rings. The lowest BCUT2D eigenvalue weighted by atomic mass is 10.1. The fraction of sp³-hybridized carbons (Fsp3) is 0.857. The number of hydrogen-bond donors (Lipinski definition) is 0. The van der Waals surface area contributed by atoms with Crippen LogP contribution in [0.4, 0.5) is 13.2 Å². The van der Waals surface area contributed by atoms with Gasteiger partial charge in [-0.05, 0) is 14.1 Å². The molecule has 76 valence electrons. The first-order chi connectivity index (χ1) is 5.82. The van der Waals surface area contributed by atoms with Crippen LogP contribution in [0.15, 0.2) is 0 Å². The molecule has 1 amide bonds. The van der Waals surface area contributed by atoms with Crippen LogP contribution >= 0.6 is 0 Å². The molecule has 0 spiro atoms. The first kappa shape index (κ1) is 10.3. The van der Waals surface area contributed by atoms with Crippen molar-refractivity contribution in [3.63, 3.8) is 0 Å². The van der Waals surface area contributed by atoms with Crippen molar-refractivity contribution in [3.8, 4) is 0 Å². The standard InChI is InChI=1S/C7H11F3N2O/c1-11(2)5-3-12(4-5)6(13)7(8,9)10/h5H,3-4H2,1-2H3. The number of amides is 1. The minimum atomic E-state index is -4.72. The maximum absolute atomic E-state index is 11.8. The highest BCUT2D eigenvalue weighted by Crippen LogP contribution is 2.23. The number of hydrogen-bond acceptors (Lipinski definition) is 2. The highest BCUT2D eigenvalue weighted by atomic mass is 19.4. The van der Waals surface area contributed by atoms with E-state index in [0.717, 1.165) is 4.90 Å². The Balaban J connectivity index is 2.40. The highest BCUT2D eigenvalue weighted by Gasteiger charge is 2.46. The van der Waals surface area contributed by atoms with Gasteiger partial charge in [-0.15, -0.1) is 0 Å². The average Bonchev–Trinajstić information content (AvgIpc) is 1.80. The van der Waals surface area contributed by atoms with Gasteiger partial charge in [0.2, 0.25) is 0 Å². The third kappa shape index (κ3) is 2.12. The molecule has 0 bridgehead atoms. The molecule has 0 aliphatic carbocycles. The third-order valence-corrected chi connectivity index (χ3v) is 2.12. The lowest BCUT2D eigenvalue weighted by Gasteiger charge is -2.42. The van der Waals surface area contributed by atoms with E-state index in [1.807, 2.05) is 0 Å². The van der Waals surface area contributed by atoms with Crippen LogP contribution in [0.5, 0.6) is 0 Å². The number of likely N-dealkylation sites (tertiary alicyclic amines) is 1. The molecular formula is C7H11F3N2O. The molecule has 3 nitrogen and oxygen atoms in total. The predicted molar refractivity (Wildman–Crippen MR) is 40.1 cm³/mol. The Morgan fingerprint density at radius 2 is 1.85 bits per heavy atom. The smallest absolute Gasteiger partial charge is 0.332 e. The number of alkyl halides is 3. The molecule has 0 aromatic rings. The molecule has 0 atom stereocenters. The van der Waals surface area contributed by atoms with Crippen LogP contribution in [-0.4, -0.2) is 55.1 Å². The van der Waals surface area contributed by atoms with Gasteiger partial charge >= 0.3 is 12.1 Å². The summed E-state index contributed by atoms with van der Waals surface area (Å²) in [5.41, 5.74) is 0. The number of carbonyl (C=O) groups excluding carboxylic acids is 1. The van der Waals surface area contributed by atoms with Crippen LogP contribution in [0.2, 0.25) is 0 Å². The summed E-state index contributed by atoms with van der Waals surface area (Å²) in [6.07, 6.45) is -4.72. The van der Waals surface area contributed by atoms with Crippen molar-refractivity contribution in [3.05, 3.63) is 0 Å². The predicted octanol–water partition coefficient (Wildman–Crippen LogP) is 0.321. The van der Waals surface area contributed by atoms with Gasteiger partial charge in [-0.2, -0.15) is 13.2 Å². The summed E-state index contributed by atoms with van der Waals surface area (Å²) in [5.74, 6) is -1.73. The molecule has 1 saturated heterocycles. The van der Waals surface area contributed by atoms with Gasteiger partial charge in [0, 0.05) is 19.1 Å². The molecule has 1 aliphatic heterocycles. The van der Waals surface area contributed by atoms with E-state index < -0.39 is 12.1 Å². The molecule has 0 aromatic carbocycles. The van der Waals surface area contributed by atoms with Crippen LogP contribution in [0.1, 0.15) is 0 Å². The summed E-state index contributed by atoms with van der Waals surface area (Å²) < 4.78 is 35.5. The van der Waals surface area contributed by atoms with Gasteiger partial charge in [0.15, 0.2) is 0 Å². The molecule has 1 rings (SSSR count). The molecule has 1 fully saturated rings. The fourth-order valence-corrected chi connectivity index (χ4v) is 1.13. The molecule has 0 saturated carbocycles. The summed E-state index contributed by atoms with van der Waals surface area (Å²) in [4.78, 5) is 13.2. The maximum Gasteiger partial charge on any atom is 0.471 e. The number of likely N-dealkylation sites (N-methyl/N-ethyl adjacent to an activating group) is 1. The van der Waals surface area contributed by atoms with E-state index >= 15 is 0 Å². The highest BCUT2D eigenvalue weighted by molar-refractivity contribution is 5.82. The second kappa shape index (κ2) is 3.17. The average molecular weight is 196 g/mol. The topological polar surface area (TPSA) is 23.6 Å². The number of nitrogens with zero attached hydrogens (tertiary/aromatic N) is 2. The van der Waals surface area contributed by atoms with Crippen LogP contribution in [0, 0.1) is 0 Å². The largest absolute Gasteiger partial charge is 0.471 e. The Morgan fingerprint density at radius 3 is 2.15 bits per heavy atom. The summed E-state index contributed by atoms with van der Waals surface area (Å²) >= 11 is 0. The van der Waals surface area contributed by atoms with Crippen molar-refractivity contribution in [2.45, 2.75) is 12.2 Å². The Kier molecular flexibility index (Phi) is 2.51. The normalized spacial score (nSPS) is 19.1. The van der Waals surface area contributed by atoms with E-state index in [2.05, 4.69) is 0 Å². The second-order valence-electron chi connectivity index (χ2n) is 3.33. The Hall–Kier alpha value is -0.780. The fourth-order valence-electron chi connectivity index (χ4n) is 1.13. The van der Waals surface area contributed by atoms with Gasteiger partial charge < -0.3 is 9.80 Å². The van der Waals surface area contributed by atoms with Crippen LogP contribution < -0.4 is 0 Å². The molecule has 0 N–H and O–H groups in total. The van der Waals surface area contributed by atoms with Crippen LogP contribution in [0.3, 0.4) is 0 Å². The zero-order chi connectivity index (χ0) is 10.2. The van der Waals surface area contributed by atoms with Crippen molar-refractivity contribution in [2.24, 2.45) is 0 Å². The van der Waals surface area contributed by atoms with E-state index in [-0.39, 0.29) is 19.1 Å². The first-order valence-electron chi connectivity index (χ1n) is 3.85. The number of carbonyl (C=O) groups is 1. The molecule has 0 radical (unpaired) electrons. The van der Waals surface area contributed by atoms with E-state index in [9.17, 15) is 18.0 Å². The van der Waals surface area contributed by atoms with Gasteiger partial charge in [-0.3, -0.25) is 4.79 Å². The summed E-state index contributed by atoms with van der Waals surface area (Å²) in [5, 5.41) is 0. The van der Waals surface area contributed by atoms with E-state index in [1.165, 1.54) is 0 Å². The van der Waals surface area contributed by atoms with Gasteiger partial charge in [-0.1, -0.05) is 0 Å². The zero-order valence-electron chi connectivity index (χ0n) is 7.43. The molecule has 6 heteroatoms. The van der Waals surface area contributed by atoms with E-state index in [4.69, 9.17) is 0 Å². The molecule has 13 heavy (non-hydrogen) atoms. The second-order valence-corrected chi connectivity index (χ2v) is 3.33. The van der Waals surface area contributed by atoms with Crippen molar-refractivity contribution in [1.29, 1.82) is 0 Å². The number of rotatable bonds is 1. The van der Waals surface area contributed by atoms with Crippen molar-refractivity contribution in [1.82, 2.24) is 9.80 Å². The van der Waals surface area contributed by atoms with Gasteiger partial charge in [0.25, 0.3) is 0 Å². The summed E-state index contributed by atoms with van der Waals surface area (Å²) in [6, 6.07) is 0.0614. The number of halogens is 3. The molecule has 1 heterocycles. The zero-order valence-corrected chi connectivity index (χ0v) is 7.43. The third-order valence-electron chi connectivity index (χ3n) is 2.12. The van der Waals surface area contributed by atoms with Gasteiger partial charge in [0.1, 0.15) is 0 Å². The SMILES string of the molecule is CN(C)C1CN(C(=O)C(F)(F)F)C1. The molecule has 0 unspecified atom stereocenters. The Morgan fingerprint density at radius 1 is 1.38 bits per heavy atom. The summed E-state index contributed by atoms with van der Waals surface area (Å²) in [6.45, 7) is 0.344. The van der Waals surface area contributed by atoms with E-state index in [0.29, 0.717) is 0 Å². The van der Waals surface area contributed by atoms with Gasteiger partial charge in [0.05, 0.1) is 0 Å². The molecule has 0 aromatic heterocycles. The van der Waals surface area contributed by atoms with Crippen LogP contribution in [0.25, 0.3) is 0 Å². The maximum atomic E-state index is 11.8. The van der Waals surface area contributed by atoms with Gasteiger partial charge in [-0.25, -0.2) is 0 Å². The first-order valence-corrected chi connectivity index (χ1v) is 3.85. The van der Waals surface area contributed by atoms with E-state index in [1.54, 1.807) is 19.0 Å². The van der Waals surface area contributed by atoms with Crippen molar-refractivity contribution < 1.29 is 18.0 Å². The van der Waals surface area contributed by atoms with Crippen molar-refractivity contribution in [2.75, 3.05) is 27.2 Å². The monoisotopic (exact) mass is 196 g/mol.